The molecule has 8 atom stereocenters. The van der Waals surface area contributed by atoms with E-state index in [1.54, 1.807) is 5.57 Å². The van der Waals surface area contributed by atoms with Crippen LogP contribution in [-0.2, 0) is 14.3 Å². The van der Waals surface area contributed by atoms with Gasteiger partial charge in [-0.3, -0.25) is 4.79 Å². The summed E-state index contributed by atoms with van der Waals surface area (Å²) in [6.07, 6.45) is 29.2. The van der Waals surface area contributed by atoms with E-state index in [9.17, 15) is 9.59 Å². The van der Waals surface area contributed by atoms with Crippen LogP contribution in [0.3, 0.4) is 0 Å². The zero-order valence-electron chi connectivity index (χ0n) is 32.0. The fraction of sp³-hybridized carbons (Fsp3) is 0.696. The van der Waals surface area contributed by atoms with E-state index < -0.39 is 0 Å². The Hall–Kier alpha value is -2.62. The van der Waals surface area contributed by atoms with Crippen LogP contribution in [0.1, 0.15) is 159 Å². The molecule has 6 rings (SSSR count). The highest BCUT2D eigenvalue weighted by Gasteiger charge is 2.59. The highest BCUT2D eigenvalue weighted by Crippen LogP contribution is 2.67. The van der Waals surface area contributed by atoms with Crippen molar-refractivity contribution in [3.8, 4) is 0 Å². The van der Waals surface area contributed by atoms with Crippen molar-refractivity contribution in [2.75, 3.05) is 6.61 Å². The van der Waals surface area contributed by atoms with Gasteiger partial charge < -0.3 is 9.47 Å². The maximum Gasteiger partial charge on any atom is 0.338 e. The Morgan fingerprint density at radius 2 is 1.60 bits per heavy atom. The number of carbonyl (C=O) groups is 2. The highest BCUT2D eigenvalue weighted by atomic mass is 16.5. The fourth-order valence-corrected chi connectivity index (χ4v) is 11.5. The number of carbonyl (C=O) groups excluding carboxylic acids is 2. The monoisotopic (exact) mass is 682 g/mol. The maximum absolute atomic E-state index is 12.8. The molecule has 1 aromatic carbocycles. The van der Waals surface area contributed by atoms with Crippen molar-refractivity contribution in [3.63, 3.8) is 0 Å². The Morgan fingerprint density at radius 1 is 0.840 bits per heavy atom. The lowest BCUT2D eigenvalue weighted by atomic mass is 9.47. The Kier molecular flexibility index (Phi) is 12.2. The number of fused-ring (bicyclic) bond motifs is 5. The summed E-state index contributed by atoms with van der Waals surface area (Å²) >= 11 is 0. The van der Waals surface area contributed by atoms with E-state index in [-0.39, 0.29) is 23.5 Å². The van der Waals surface area contributed by atoms with Crippen molar-refractivity contribution in [2.24, 2.45) is 46.3 Å². The van der Waals surface area contributed by atoms with E-state index in [4.69, 9.17) is 9.47 Å². The zero-order chi connectivity index (χ0) is 35.3. The van der Waals surface area contributed by atoms with Crippen LogP contribution in [0.4, 0.5) is 0 Å². The van der Waals surface area contributed by atoms with Crippen molar-refractivity contribution >= 4 is 11.9 Å². The molecule has 5 aliphatic rings. The molecule has 0 heterocycles. The van der Waals surface area contributed by atoms with Gasteiger partial charge in [-0.1, -0.05) is 115 Å². The molecule has 0 aliphatic heterocycles. The van der Waals surface area contributed by atoms with Gasteiger partial charge >= 0.3 is 11.9 Å². The van der Waals surface area contributed by atoms with Gasteiger partial charge in [-0.05, 0) is 122 Å². The largest absolute Gasteiger partial charge is 0.462 e. The first-order chi connectivity index (χ1) is 24.1. The van der Waals surface area contributed by atoms with E-state index in [0.717, 1.165) is 80.5 Å². The van der Waals surface area contributed by atoms with Gasteiger partial charge in [0.15, 0.2) is 0 Å². The summed E-state index contributed by atoms with van der Waals surface area (Å²) in [7, 11) is 0. The summed E-state index contributed by atoms with van der Waals surface area (Å²) < 4.78 is 11.6. The van der Waals surface area contributed by atoms with E-state index in [1.807, 2.05) is 36.4 Å². The summed E-state index contributed by atoms with van der Waals surface area (Å²) in [4.78, 5) is 25.3. The second-order valence-corrected chi connectivity index (χ2v) is 17.9. The normalized spacial score (nSPS) is 32.3. The minimum absolute atomic E-state index is 0.0364. The van der Waals surface area contributed by atoms with Crippen molar-refractivity contribution in [2.45, 2.75) is 149 Å². The van der Waals surface area contributed by atoms with E-state index >= 15 is 0 Å². The van der Waals surface area contributed by atoms with Crippen LogP contribution in [0.2, 0.25) is 0 Å². The number of hydrogen-bond acceptors (Lipinski definition) is 4. The van der Waals surface area contributed by atoms with Gasteiger partial charge in [0.1, 0.15) is 6.10 Å². The molecule has 5 aliphatic carbocycles. The molecule has 0 bridgehead atoms. The number of ether oxygens (including phenoxy) is 2. The summed E-state index contributed by atoms with van der Waals surface area (Å²) in [6.45, 7) is 13.0. The summed E-state index contributed by atoms with van der Waals surface area (Å²) in [5.41, 5.74) is 4.17. The molecule has 0 radical (unpaired) electrons. The standard InChI is InChI=1S/C46H66O4/c1-32(2)13-12-14-33(3)40-24-25-41-39-23-22-37-31-38(26-28-45(37,4)42(39)27-29-46(40,41)5)50-43(47)17-8-6-7-11-30-49-44(48)36-20-18-35(19-21-36)34-15-9-10-16-34/h9-10,15-16,18-22,32-34,38-42H,6-8,11-14,17,23-31H2,1-5H3/t33-,38?,39+,40-,41+,42+,45+,46-/m1/s1. The molecular weight excluding hydrogens is 617 g/mol. The maximum atomic E-state index is 12.8. The van der Waals surface area contributed by atoms with Crippen LogP contribution in [-0.4, -0.2) is 24.6 Å². The molecule has 274 valence electrons. The summed E-state index contributed by atoms with van der Waals surface area (Å²) in [5, 5.41) is 0. The predicted octanol–water partition coefficient (Wildman–Crippen LogP) is 12.0. The van der Waals surface area contributed by atoms with Crippen LogP contribution in [0.25, 0.3) is 0 Å². The molecule has 3 fully saturated rings. The lowest BCUT2D eigenvalue weighted by Gasteiger charge is -2.58. The molecule has 0 N–H and O–H groups in total. The lowest BCUT2D eigenvalue weighted by molar-refractivity contribution is -0.151. The number of rotatable bonds is 15. The van der Waals surface area contributed by atoms with Crippen LogP contribution >= 0.6 is 0 Å². The van der Waals surface area contributed by atoms with E-state index in [2.05, 4.69) is 52.8 Å². The second-order valence-electron chi connectivity index (χ2n) is 17.9. The first-order valence-corrected chi connectivity index (χ1v) is 20.6. The van der Waals surface area contributed by atoms with Crippen molar-refractivity contribution in [1.82, 2.24) is 0 Å². The number of hydrogen-bond donors (Lipinski definition) is 0. The summed E-state index contributed by atoms with van der Waals surface area (Å²) in [5.74, 6) is 5.07. The molecule has 1 aromatic rings. The van der Waals surface area contributed by atoms with Gasteiger partial charge in [0.25, 0.3) is 0 Å². The number of benzene rings is 1. The average molecular weight is 683 g/mol. The third-order valence-corrected chi connectivity index (χ3v) is 14.3. The third-order valence-electron chi connectivity index (χ3n) is 14.3. The van der Waals surface area contributed by atoms with Crippen molar-refractivity contribution in [3.05, 3.63) is 71.3 Å². The highest BCUT2D eigenvalue weighted by molar-refractivity contribution is 5.89. The molecule has 0 saturated heterocycles. The smallest absolute Gasteiger partial charge is 0.338 e. The Balaban J connectivity index is 0.888. The fourth-order valence-electron chi connectivity index (χ4n) is 11.5. The quantitative estimate of drug-likeness (QED) is 0.105. The van der Waals surface area contributed by atoms with Crippen LogP contribution in [0.5, 0.6) is 0 Å². The van der Waals surface area contributed by atoms with Gasteiger partial charge in [0.2, 0.25) is 0 Å². The first kappa shape index (κ1) is 37.1. The van der Waals surface area contributed by atoms with Crippen LogP contribution < -0.4 is 0 Å². The van der Waals surface area contributed by atoms with Gasteiger partial charge in [-0.2, -0.15) is 0 Å². The van der Waals surface area contributed by atoms with Crippen LogP contribution in [0, 0.1) is 46.3 Å². The van der Waals surface area contributed by atoms with E-state index in [0.29, 0.717) is 29.9 Å². The predicted molar refractivity (Wildman–Crippen MR) is 204 cm³/mol. The topological polar surface area (TPSA) is 52.6 Å². The number of esters is 2. The van der Waals surface area contributed by atoms with Gasteiger partial charge in [0.05, 0.1) is 12.2 Å². The molecule has 0 aromatic heterocycles. The SMILES string of the molecule is CC(C)CCC[C@@H](C)[C@H]1CC[C@H]2[C@@H]3CC=C4CC(OC(=O)CCCCCCOC(=O)c5ccc(C6C=CC=C6)cc5)CC[C@]4(C)[C@H]3CC[C@]12C. The molecular formula is C46H66O4. The third kappa shape index (κ3) is 8.20. The average Bonchev–Trinajstić information content (AvgIpc) is 3.76. The first-order valence-electron chi connectivity index (χ1n) is 20.6. The minimum Gasteiger partial charge on any atom is -0.462 e. The van der Waals surface area contributed by atoms with Gasteiger partial charge in [0, 0.05) is 18.8 Å². The van der Waals surface area contributed by atoms with E-state index in [1.165, 1.54) is 56.9 Å². The number of unbranched alkanes of at least 4 members (excludes halogenated alkanes) is 3. The van der Waals surface area contributed by atoms with Gasteiger partial charge in [-0.25, -0.2) is 4.79 Å². The molecule has 3 saturated carbocycles. The number of allylic oxidation sites excluding steroid dienone is 5. The Morgan fingerprint density at radius 3 is 2.36 bits per heavy atom. The Labute approximate surface area is 303 Å². The molecule has 0 spiro atoms. The molecule has 4 heteroatoms. The molecule has 4 nitrogen and oxygen atoms in total. The lowest BCUT2D eigenvalue weighted by Crippen LogP contribution is -2.51. The van der Waals surface area contributed by atoms with Crippen LogP contribution in [0.15, 0.2) is 60.2 Å². The zero-order valence-corrected chi connectivity index (χ0v) is 32.0. The summed E-state index contributed by atoms with van der Waals surface area (Å²) in [6, 6.07) is 7.70. The molecule has 0 amide bonds. The molecule has 50 heavy (non-hydrogen) atoms. The molecule has 1 unspecified atom stereocenters. The Bertz CT molecular complexity index is 1390. The minimum atomic E-state index is -0.267. The second kappa shape index (κ2) is 16.4. The van der Waals surface area contributed by atoms with Crippen molar-refractivity contribution in [1.29, 1.82) is 0 Å². The van der Waals surface area contributed by atoms with Crippen molar-refractivity contribution < 1.29 is 19.1 Å². The van der Waals surface area contributed by atoms with Gasteiger partial charge in [-0.15, -0.1) is 0 Å².